The molecule has 0 unspecified atom stereocenters. The van der Waals surface area contributed by atoms with Crippen LogP contribution < -0.4 is 21.2 Å². The van der Waals surface area contributed by atoms with Gasteiger partial charge in [-0.25, -0.2) is 4.98 Å². The first-order valence-electron chi connectivity index (χ1n) is 10.5. The van der Waals surface area contributed by atoms with Crippen LogP contribution >= 0.6 is 0 Å². The van der Waals surface area contributed by atoms with Crippen LogP contribution in [0.1, 0.15) is 18.1 Å². The molecule has 0 radical (unpaired) electrons. The number of rotatable bonds is 8. The first kappa shape index (κ1) is 21.9. The number of nitrogens with one attached hydrogen (secondary N) is 1. The van der Waals surface area contributed by atoms with Crippen LogP contribution in [0.25, 0.3) is 11.2 Å². The van der Waals surface area contributed by atoms with Crippen molar-refractivity contribution in [3.05, 3.63) is 99.0 Å². The maximum atomic E-state index is 12.9. The van der Waals surface area contributed by atoms with Gasteiger partial charge in [0.15, 0.2) is 5.65 Å². The third-order valence-electron chi connectivity index (χ3n) is 5.10. The number of carbonyl (C=O) groups is 1. The fourth-order valence-corrected chi connectivity index (χ4v) is 3.49. The van der Waals surface area contributed by atoms with Crippen LogP contribution in [0.5, 0.6) is 5.75 Å². The summed E-state index contributed by atoms with van der Waals surface area (Å²) in [6, 6.07) is 14.2. The van der Waals surface area contributed by atoms with Gasteiger partial charge in [0.05, 0.1) is 18.7 Å². The predicted molar refractivity (Wildman–Crippen MR) is 123 cm³/mol. The highest BCUT2D eigenvalue weighted by atomic mass is 16.5. The molecule has 1 amide bonds. The molecule has 9 nitrogen and oxygen atoms in total. The monoisotopic (exact) mass is 445 g/mol. The summed E-state index contributed by atoms with van der Waals surface area (Å²) in [5, 5.41) is 2.79. The molecule has 0 aliphatic heterocycles. The van der Waals surface area contributed by atoms with E-state index in [1.165, 1.54) is 9.13 Å². The van der Waals surface area contributed by atoms with Crippen LogP contribution in [0.4, 0.5) is 0 Å². The Morgan fingerprint density at radius 3 is 2.39 bits per heavy atom. The van der Waals surface area contributed by atoms with Gasteiger partial charge in [0.25, 0.3) is 0 Å². The van der Waals surface area contributed by atoms with E-state index in [0.29, 0.717) is 17.8 Å². The first-order valence-corrected chi connectivity index (χ1v) is 10.5. The van der Waals surface area contributed by atoms with Gasteiger partial charge >= 0.3 is 11.1 Å². The average Bonchev–Trinajstić information content (AvgIpc) is 2.85. The van der Waals surface area contributed by atoms with E-state index in [1.807, 2.05) is 31.2 Å². The van der Waals surface area contributed by atoms with Crippen LogP contribution in [0.15, 0.2) is 76.7 Å². The summed E-state index contributed by atoms with van der Waals surface area (Å²) in [5.74, 6) is 0.368. The van der Waals surface area contributed by atoms with Crippen molar-refractivity contribution in [1.29, 1.82) is 0 Å². The molecule has 0 atom stereocenters. The molecule has 3 aromatic heterocycles. The quantitative estimate of drug-likeness (QED) is 0.414. The van der Waals surface area contributed by atoms with E-state index >= 15 is 0 Å². The van der Waals surface area contributed by atoms with Gasteiger partial charge in [-0.15, -0.1) is 0 Å². The molecule has 0 aliphatic carbocycles. The van der Waals surface area contributed by atoms with Gasteiger partial charge in [-0.1, -0.05) is 12.1 Å². The SMILES string of the molecule is CCOc1ccc(CNC(=O)Cn2c(=O)c(=O)n(Cc3ccncc3)c3ncccc32)cc1. The molecular formula is C24H23N5O4. The molecule has 0 saturated carbocycles. The zero-order chi connectivity index (χ0) is 23.2. The maximum Gasteiger partial charge on any atom is 0.318 e. The number of benzene rings is 1. The van der Waals surface area contributed by atoms with E-state index in [-0.39, 0.29) is 25.5 Å². The topological polar surface area (TPSA) is 108 Å². The molecule has 3 heterocycles. The second-order valence-corrected chi connectivity index (χ2v) is 7.34. The number of ether oxygens (including phenoxy) is 1. The minimum absolute atomic E-state index is 0.175. The third kappa shape index (κ3) is 4.98. The van der Waals surface area contributed by atoms with Crippen LogP contribution in [0.3, 0.4) is 0 Å². The molecule has 0 spiro atoms. The van der Waals surface area contributed by atoms with Crippen molar-refractivity contribution >= 4 is 17.1 Å². The summed E-state index contributed by atoms with van der Waals surface area (Å²) >= 11 is 0. The lowest BCUT2D eigenvalue weighted by atomic mass is 10.2. The minimum atomic E-state index is -0.777. The van der Waals surface area contributed by atoms with E-state index in [4.69, 9.17) is 4.74 Å². The average molecular weight is 445 g/mol. The van der Waals surface area contributed by atoms with Crippen molar-refractivity contribution in [2.24, 2.45) is 0 Å². The van der Waals surface area contributed by atoms with Crippen LogP contribution in [-0.4, -0.2) is 31.6 Å². The van der Waals surface area contributed by atoms with Gasteiger partial charge in [-0.2, -0.15) is 0 Å². The smallest absolute Gasteiger partial charge is 0.318 e. The lowest BCUT2D eigenvalue weighted by Gasteiger charge is -2.14. The summed E-state index contributed by atoms with van der Waals surface area (Å²) in [5.41, 5.74) is 0.923. The Labute approximate surface area is 189 Å². The fraction of sp³-hybridized carbons (Fsp3) is 0.208. The Hall–Kier alpha value is -4.27. The van der Waals surface area contributed by atoms with Crippen molar-refractivity contribution in [3.8, 4) is 5.75 Å². The zero-order valence-corrected chi connectivity index (χ0v) is 18.1. The molecular weight excluding hydrogens is 422 g/mol. The molecule has 9 heteroatoms. The number of hydrogen-bond donors (Lipinski definition) is 1. The number of fused-ring (bicyclic) bond motifs is 1. The zero-order valence-electron chi connectivity index (χ0n) is 18.1. The molecule has 0 saturated heterocycles. The van der Waals surface area contributed by atoms with E-state index in [9.17, 15) is 14.4 Å². The van der Waals surface area contributed by atoms with E-state index in [1.54, 1.807) is 42.9 Å². The number of nitrogens with zero attached hydrogens (tertiary/aromatic N) is 4. The van der Waals surface area contributed by atoms with Crippen molar-refractivity contribution in [2.45, 2.75) is 26.6 Å². The highest BCUT2D eigenvalue weighted by Gasteiger charge is 2.16. The molecule has 0 fully saturated rings. The van der Waals surface area contributed by atoms with Crippen molar-refractivity contribution in [3.63, 3.8) is 0 Å². The number of hydrogen-bond acceptors (Lipinski definition) is 6. The van der Waals surface area contributed by atoms with E-state index in [2.05, 4.69) is 15.3 Å². The molecule has 0 bridgehead atoms. The number of pyridine rings is 2. The highest BCUT2D eigenvalue weighted by Crippen LogP contribution is 2.12. The molecule has 0 aliphatic rings. The van der Waals surface area contributed by atoms with Crippen molar-refractivity contribution in [2.75, 3.05) is 6.61 Å². The van der Waals surface area contributed by atoms with Crippen molar-refractivity contribution < 1.29 is 9.53 Å². The Kier molecular flexibility index (Phi) is 6.58. The van der Waals surface area contributed by atoms with Crippen LogP contribution in [-0.2, 0) is 24.4 Å². The van der Waals surface area contributed by atoms with Gasteiger partial charge in [-0.05, 0) is 54.4 Å². The van der Waals surface area contributed by atoms with Crippen LogP contribution in [0, 0.1) is 0 Å². The first-order chi connectivity index (χ1) is 16.1. The van der Waals surface area contributed by atoms with Gasteiger partial charge in [0.1, 0.15) is 12.3 Å². The molecule has 4 rings (SSSR count). The van der Waals surface area contributed by atoms with Crippen LogP contribution in [0.2, 0.25) is 0 Å². The molecule has 1 N–H and O–H groups in total. The second-order valence-electron chi connectivity index (χ2n) is 7.34. The summed E-state index contributed by atoms with van der Waals surface area (Å²) < 4.78 is 7.90. The standard InChI is InChI=1S/C24H23N5O4/c1-2-33-19-7-5-17(6-8-19)14-27-21(30)16-28-20-4-3-11-26-22(20)29(24(32)23(28)31)15-18-9-12-25-13-10-18/h3-13H,2,14-16H2,1H3,(H,27,30). The third-order valence-corrected chi connectivity index (χ3v) is 5.10. The van der Waals surface area contributed by atoms with Crippen molar-refractivity contribution in [1.82, 2.24) is 24.4 Å². The normalized spacial score (nSPS) is 10.8. The molecule has 33 heavy (non-hydrogen) atoms. The lowest BCUT2D eigenvalue weighted by Crippen LogP contribution is -2.44. The van der Waals surface area contributed by atoms with E-state index < -0.39 is 11.1 Å². The number of carbonyl (C=O) groups excluding carboxylic acids is 1. The molecule has 4 aromatic rings. The summed E-state index contributed by atoms with van der Waals surface area (Å²) in [6.07, 6.45) is 4.78. The largest absolute Gasteiger partial charge is 0.494 e. The van der Waals surface area contributed by atoms with Gasteiger partial charge < -0.3 is 10.1 Å². The second kappa shape index (κ2) is 9.90. The van der Waals surface area contributed by atoms with Gasteiger partial charge in [-0.3, -0.25) is 28.5 Å². The molecule has 1 aromatic carbocycles. The van der Waals surface area contributed by atoms with Gasteiger partial charge in [0, 0.05) is 25.1 Å². The minimum Gasteiger partial charge on any atom is -0.494 e. The lowest BCUT2D eigenvalue weighted by molar-refractivity contribution is -0.121. The number of aromatic nitrogens is 4. The summed E-state index contributed by atoms with van der Waals surface area (Å²) in [4.78, 5) is 46.7. The highest BCUT2D eigenvalue weighted by molar-refractivity contribution is 5.78. The Bertz CT molecular complexity index is 1380. The molecule has 168 valence electrons. The fourth-order valence-electron chi connectivity index (χ4n) is 3.49. The Morgan fingerprint density at radius 2 is 1.67 bits per heavy atom. The Morgan fingerprint density at radius 1 is 0.939 bits per heavy atom. The summed E-state index contributed by atoms with van der Waals surface area (Å²) in [7, 11) is 0. The predicted octanol–water partition coefficient (Wildman–Crippen LogP) is 1.72. The number of amides is 1. The van der Waals surface area contributed by atoms with Gasteiger partial charge in [0.2, 0.25) is 5.91 Å². The van der Waals surface area contributed by atoms with E-state index in [0.717, 1.165) is 16.9 Å². The maximum absolute atomic E-state index is 12.9. The summed E-state index contributed by atoms with van der Waals surface area (Å²) in [6.45, 7) is 2.66. The Balaban J connectivity index is 1.57.